The third-order valence-corrected chi connectivity index (χ3v) is 4.60. The smallest absolute Gasteiger partial charge is 0.251 e. The highest BCUT2D eigenvalue weighted by Crippen LogP contribution is 2.21. The molecule has 0 saturated carbocycles. The van der Waals surface area contributed by atoms with E-state index in [0.717, 1.165) is 26.1 Å². The third kappa shape index (κ3) is 6.04. The van der Waals surface area contributed by atoms with Crippen molar-refractivity contribution in [1.82, 2.24) is 10.2 Å². The Hall–Kier alpha value is -2.44. The maximum Gasteiger partial charge on any atom is 0.251 e. The van der Waals surface area contributed by atoms with E-state index in [2.05, 4.69) is 24.1 Å². The lowest BCUT2D eigenvalue weighted by molar-refractivity contribution is -0.0679. The number of morpholine rings is 1. The molecule has 1 fully saturated rings. The molecule has 5 nitrogen and oxygen atoms in total. The molecule has 0 spiro atoms. The second kappa shape index (κ2) is 9.66. The molecular weight excluding hydrogens is 359 g/mol. The zero-order valence-electron chi connectivity index (χ0n) is 16.4. The minimum atomic E-state index is -0.308. The van der Waals surface area contributed by atoms with Crippen LogP contribution >= 0.6 is 0 Å². The molecule has 0 bridgehead atoms. The van der Waals surface area contributed by atoms with Crippen LogP contribution in [0.4, 0.5) is 4.39 Å². The van der Waals surface area contributed by atoms with Crippen molar-refractivity contribution in [1.29, 1.82) is 0 Å². The first-order chi connectivity index (χ1) is 13.5. The number of carbonyl (C=O) groups excluding carboxylic acids is 1. The van der Waals surface area contributed by atoms with Crippen LogP contribution in [0, 0.1) is 5.82 Å². The molecule has 0 radical (unpaired) electrons. The second-order valence-corrected chi connectivity index (χ2v) is 7.21. The number of ether oxygens (including phenoxy) is 2. The van der Waals surface area contributed by atoms with E-state index >= 15 is 0 Å². The minimum Gasteiger partial charge on any atom is -0.457 e. The molecule has 0 aliphatic carbocycles. The van der Waals surface area contributed by atoms with Crippen molar-refractivity contribution >= 4 is 5.91 Å². The molecule has 1 N–H and O–H groups in total. The van der Waals surface area contributed by atoms with Crippen LogP contribution in [0.2, 0.25) is 0 Å². The summed E-state index contributed by atoms with van der Waals surface area (Å²) >= 11 is 0. The predicted octanol–water partition coefficient (Wildman–Crippen LogP) is 3.85. The van der Waals surface area contributed by atoms with Crippen LogP contribution < -0.4 is 10.1 Å². The number of benzene rings is 2. The Bertz CT molecular complexity index is 754. The fraction of sp³-hybridized carbons (Fsp3) is 0.409. The number of nitrogens with one attached hydrogen (secondary N) is 1. The number of carbonyl (C=O) groups is 1. The largest absolute Gasteiger partial charge is 0.457 e. The third-order valence-electron chi connectivity index (χ3n) is 4.60. The summed E-state index contributed by atoms with van der Waals surface area (Å²) in [6.07, 6.45) is 1.42. The van der Waals surface area contributed by atoms with Gasteiger partial charge >= 0.3 is 0 Å². The highest BCUT2D eigenvalue weighted by molar-refractivity contribution is 5.94. The van der Waals surface area contributed by atoms with E-state index in [-0.39, 0.29) is 23.9 Å². The second-order valence-electron chi connectivity index (χ2n) is 7.21. The Kier molecular flexibility index (Phi) is 7.01. The average Bonchev–Trinajstić information content (AvgIpc) is 2.67. The van der Waals surface area contributed by atoms with Gasteiger partial charge in [0.25, 0.3) is 5.91 Å². The summed E-state index contributed by atoms with van der Waals surface area (Å²) in [5.41, 5.74) is 0.583. The van der Waals surface area contributed by atoms with Crippen LogP contribution in [0.3, 0.4) is 0 Å². The first-order valence-corrected chi connectivity index (χ1v) is 9.69. The van der Waals surface area contributed by atoms with Gasteiger partial charge in [0.1, 0.15) is 17.3 Å². The summed E-state index contributed by atoms with van der Waals surface area (Å²) in [7, 11) is 0. The Morgan fingerprint density at radius 1 is 1.07 bits per heavy atom. The minimum absolute atomic E-state index is 0.1000. The number of hydrogen-bond acceptors (Lipinski definition) is 4. The predicted molar refractivity (Wildman–Crippen MR) is 106 cm³/mol. The molecule has 1 aliphatic rings. The lowest BCUT2D eigenvalue weighted by atomic mass is 10.2. The van der Waals surface area contributed by atoms with E-state index < -0.39 is 0 Å². The van der Waals surface area contributed by atoms with Crippen molar-refractivity contribution in [2.45, 2.75) is 32.5 Å². The standard InChI is InChI=1S/C22H27FN2O3/c1-16-14-25(15-17(2)27-16)13-3-12-24-22(26)18-4-8-20(9-5-18)28-21-10-6-19(23)7-11-21/h4-11,16-17H,3,12-15H2,1-2H3,(H,24,26)/t16-,17-/m0/s1. The first kappa shape index (κ1) is 20.3. The van der Waals surface area contributed by atoms with Gasteiger partial charge in [-0.2, -0.15) is 0 Å². The molecule has 0 unspecified atom stereocenters. The van der Waals surface area contributed by atoms with Crippen LogP contribution in [0.1, 0.15) is 30.6 Å². The zero-order chi connectivity index (χ0) is 19.9. The van der Waals surface area contributed by atoms with Crippen molar-refractivity contribution in [3.63, 3.8) is 0 Å². The molecule has 3 rings (SSSR count). The summed E-state index contributed by atoms with van der Waals surface area (Å²) in [6.45, 7) is 7.64. The van der Waals surface area contributed by atoms with Crippen LogP contribution in [0.5, 0.6) is 11.5 Å². The lowest BCUT2D eigenvalue weighted by Crippen LogP contribution is -2.46. The SMILES string of the molecule is C[C@H]1CN(CCCNC(=O)c2ccc(Oc3ccc(F)cc3)cc2)C[C@H](C)O1. The van der Waals surface area contributed by atoms with Gasteiger partial charge in [-0.25, -0.2) is 4.39 Å². The van der Waals surface area contributed by atoms with Crippen LogP contribution in [0.15, 0.2) is 48.5 Å². The Labute approximate surface area is 165 Å². The molecule has 0 aromatic heterocycles. The van der Waals surface area contributed by atoms with Gasteiger partial charge in [0, 0.05) is 31.7 Å². The van der Waals surface area contributed by atoms with E-state index in [4.69, 9.17) is 9.47 Å². The molecule has 2 aromatic carbocycles. The topological polar surface area (TPSA) is 50.8 Å². The van der Waals surface area contributed by atoms with Crippen molar-refractivity contribution in [2.24, 2.45) is 0 Å². The van der Waals surface area contributed by atoms with E-state index in [9.17, 15) is 9.18 Å². The average molecular weight is 386 g/mol. The number of rotatable bonds is 7. The van der Waals surface area contributed by atoms with E-state index in [1.54, 1.807) is 36.4 Å². The highest BCUT2D eigenvalue weighted by Gasteiger charge is 2.21. The molecule has 1 saturated heterocycles. The van der Waals surface area contributed by atoms with Crippen LogP contribution in [-0.2, 0) is 4.74 Å². The van der Waals surface area contributed by atoms with Gasteiger partial charge in [-0.1, -0.05) is 0 Å². The monoisotopic (exact) mass is 386 g/mol. The van der Waals surface area contributed by atoms with Gasteiger partial charge < -0.3 is 14.8 Å². The maximum absolute atomic E-state index is 12.9. The Morgan fingerprint density at radius 3 is 2.25 bits per heavy atom. The summed E-state index contributed by atoms with van der Waals surface area (Å²) in [4.78, 5) is 14.7. The normalized spacial score (nSPS) is 20.0. The first-order valence-electron chi connectivity index (χ1n) is 9.69. The number of hydrogen-bond donors (Lipinski definition) is 1. The van der Waals surface area contributed by atoms with Crippen molar-refractivity contribution in [2.75, 3.05) is 26.2 Å². The molecular formula is C22H27FN2O3. The number of nitrogens with zero attached hydrogens (tertiary/aromatic N) is 1. The van der Waals surface area contributed by atoms with Crippen LogP contribution in [-0.4, -0.2) is 49.2 Å². The maximum atomic E-state index is 12.9. The van der Waals surface area contributed by atoms with Gasteiger partial charge in [0.15, 0.2) is 0 Å². The number of halogens is 1. The van der Waals surface area contributed by atoms with Crippen molar-refractivity contribution in [3.8, 4) is 11.5 Å². The van der Waals surface area contributed by atoms with Crippen molar-refractivity contribution < 1.29 is 18.7 Å². The van der Waals surface area contributed by atoms with Gasteiger partial charge in [-0.05, 0) is 68.8 Å². The summed E-state index contributed by atoms with van der Waals surface area (Å²) < 4.78 is 24.3. The molecule has 150 valence electrons. The van der Waals surface area contributed by atoms with Gasteiger partial charge in [0.05, 0.1) is 12.2 Å². The number of amides is 1. The highest BCUT2D eigenvalue weighted by atomic mass is 19.1. The Balaban J connectivity index is 1.41. The van der Waals surface area contributed by atoms with E-state index in [1.165, 1.54) is 12.1 Å². The van der Waals surface area contributed by atoms with E-state index in [1.807, 2.05) is 0 Å². The quantitative estimate of drug-likeness (QED) is 0.735. The van der Waals surface area contributed by atoms with Crippen molar-refractivity contribution in [3.05, 3.63) is 59.9 Å². The van der Waals surface area contributed by atoms with Gasteiger partial charge in [-0.15, -0.1) is 0 Å². The molecule has 2 atom stereocenters. The fourth-order valence-electron chi connectivity index (χ4n) is 3.39. The van der Waals surface area contributed by atoms with Crippen LogP contribution in [0.25, 0.3) is 0 Å². The summed E-state index contributed by atoms with van der Waals surface area (Å²) in [5.74, 6) is 0.734. The summed E-state index contributed by atoms with van der Waals surface area (Å²) in [5, 5.41) is 2.96. The van der Waals surface area contributed by atoms with Gasteiger partial charge in [-0.3, -0.25) is 9.69 Å². The molecule has 1 amide bonds. The Morgan fingerprint density at radius 2 is 1.64 bits per heavy atom. The zero-order valence-corrected chi connectivity index (χ0v) is 16.4. The summed E-state index contributed by atoms with van der Waals surface area (Å²) in [6, 6.07) is 12.7. The van der Waals surface area contributed by atoms with Gasteiger partial charge in [0.2, 0.25) is 0 Å². The molecule has 6 heteroatoms. The lowest BCUT2D eigenvalue weighted by Gasteiger charge is -2.35. The molecule has 1 heterocycles. The molecule has 2 aromatic rings. The molecule has 1 aliphatic heterocycles. The molecule has 28 heavy (non-hydrogen) atoms. The van der Waals surface area contributed by atoms with E-state index in [0.29, 0.717) is 23.6 Å². The fourth-order valence-corrected chi connectivity index (χ4v) is 3.39.